The van der Waals surface area contributed by atoms with Crippen LogP contribution in [0, 0.1) is 5.92 Å². The van der Waals surface area contributed by atoms with Gasteiger partial charge in [0.15, 0.2) is 0 Å². The van der Waals surface area contributed by atoms with Crippen LogP contribution in [-0.2, 0) is 4.74 Å². The van der Waals surface area contributed by atoms with Crippen molar-refractivity contribution in [3.05, 3.63) is 35.4 Å². The summed E-state index contributed by atoms with van der Waals surface area (Å²) in [7, 11) is 1.82. The maximum Gasteiger partial charge on any atom is 0.0872 e. The first-order valence-corrected chi connectivity index (χ1v) is 7.89. The summed E-state index contributed by atoms with van der Waals surface area (Å²) in [6.45, 7) is 6.74. The van der Waals surface area contributed by atoms with Gasteiger partial charge in [-0.2, -0.15) is 0 Å². The van der Waals surface area contributed by atoms with Gasteiger partial charge in [0.1, 0.15) is 0 Å². The predicted molar refractivity (Wildman–Crippen MR) is 84.8 cm³/mol. The van der Waals surface area contributed by atoms with Gasteiger partial charge in [0.05, 0.1) is 11.6 Å². The summed E-state index contributed by atoms with van der Waals surface area (Å²) in [5.41, 5.74) is 8.96. The average molecular weight is 275 g/mol. The van der Waals surface area contributed by atoms with Gasteiger partial charge in [-0.15, -0.1) is 0 Å². The predicted octanol–water partition coefficient (Wildman–Crippen LogP) is 4.41. The van der Waals surface area contributed by atoms with E-state index in [4.69, 9.17) is 10.5 Å². The van der Waals surface area contributed by atoms with Crippen molar-refractivity contribution in [3.8, 4) is 0 Å². The summed E-state index contributed by atoms with van der Waals surface area (Å²) in [6, 6.07) is 8.74. The lowest BCUT2D eigenvalue weighted by Gasteiger charge is -2.43. The zero-order valence-electron chi connectivity index (χ0n) is 13.4. The lowest BCUT2D eigenvalue weighted by atomic mass is 9.73. The number of methoxy groups -OCH3 is 1. The molecule has 1 fully saturated rings. The van der Waals surface area contributed by atoms with E-state index in [1.54, 1.807) is 0 Å². The Morgan fingerprint density at radius 3 is 2.30 bits per heavy atom. The van der Waals surface area contributed by atoms with Crippen molar-refractivity contribution in [3.63, 3.8) is 0 Å². The van der Waals surface area contributed by atoms with Crippen LogP contribution in [0.4, 0.5) is 0 Å². The van der Waals surface area contributed by atoms with Crippen LogP contribution in [0.15, 0.2) is 24.3 Å². The van der Waals surface area contributed by atoms with Crippen LogP contribution in [0.2, 0.25) is 0 Å². The minimum Gasteiger partial charge on any atom is -0.376 e. The Hall–Kier alpha value is -0.860. The fraction of sp³-hybridized carbons (Fsp3) is 0.667. The van der Waals surface area contributed by atoms with Gasteiger partial charge in [-0.1, -0.05) is 57.9 Å². The summed E-state index contributed by atoms with van der Waals surface area (Å²) >= 11 is 0. The summed E-state index contributed by atoms with van der Waals surface area (Å²) in [6.07, 6.45) is 4.65. The molecular formula is C18H29NO. The molecule has 0 radical (unpaired) electrons. The molecule has 1 aromatic rings. The molecule has 1 aliphatic rings. The molecule has 1 aromatic carbocycles. The standard InChI is InChI=1S/C18H29NO/c1-13(2)15-7-9-16(10-8-15)17(19)18(20-4)11-5-6-14(3)12-18/h7-10,13-14,17H,5-6,11-12,19H2,1-4H3. The maximum atomic E-state index is 6.58. The first-order valence-electron chi connectivity index (χ1n) is 7.89. The average Bonchev–Trinajstić information content (AvgIpc) is 2.46. The molecule has 2 nitrogen and oxygen atoms in total. The SMILES string of the molecule is COC1(C(N)c2ccc(C(C)C)cc2)CCCC(C)C1. The molecule has 0 bridgehead atoms. The molecule has 2 N–H and O–H groups in total. The van der Waals surface area contributed by atoms with Crippen molar-refractivity contribution in [2.45, 2.75) is 64.0 Å². The van der Waals surface area contributed by atoms with Gasteiger partial charge < -0.3 is 10.5 Å². The number of benzene rings is 1. The molecule has 112 valence electrons. The van der Waals surface area contributed by atoms with Gasteiger partial charge in [0.2, 0.25) is 0 Å². The number of nitrogens with two attached hydrogens (primary N) is 1. The summed E-state index contributed by atoms with van der Waals surface area (Å²) in [5.74, 6) is 1.26. The Labute approximate surface area is 123 Å². The lowest BCUT2D eigenvalue weighted by Crippen LogP contribution is -2.46. The summed E-state index contributed by atoms with van der Waals surface area (Å²) in [4.78, 5) is 0. The minimum atomic E-state index is -0.184. The molecule has 0 spiro atoms. The molecule has 0 aromatic heterocycles. The van der Waals surface area contributed by atoms with Crippen LogP contribution < -0.4 is 5.73 Å². The highest BCUT2D eigenvalue weighted by Crippen LogP contribution is 2.42. The second-order valence-corrected chi connectivity index (χ2v) is 6.77. The monoisotopic (exact) mass is 275 g/mol. The largest absolute Gasteiger partial charge is 0.376 e. The zero-order valence-corrected chi connectivity index (χ0v) is 13.4. The van der Waals surface area contributed by atoms with E-state index in [9.17, 15) is 0 Å². The minimum absolute atomic E-state index is 0.0311. The van der Waals surface area contributed by atoms with E-state index >= 15 is 0 Å². The molecule has 20 heavy (non-hydrogen) atoms. The molecule has 0 aliphatic heterocycles. The van der Waals surface area contributed by atoms with Gasteiger partial charge in [-0.05, 0) is 35.8 Å². The Morgan fingerprint density at radius 1 is 1.20 bits per heavy atom. The van der Waals surface area contributed by atoms with Gasteiger partial charge in [0.25, 0.3) is 0 Å². The molecule has 3 unspecified atom stereocenters. The summed E-state index contributed by atoms with van der Waals surface area (Å²) in [5, 5.41) is 0. The molecule has 2 rings (SSSR count). The lowest BCUT2D eigenvalue weighted by molar-refractivity contribution is -0.0718. The number of hydrogen-bond donors (Lipinski definition) is 1. The van der Waals surface area contributed by atoms with Gasteiger partial charge >= 0.3 is 0 Å². The first-order chi connectivity index (χ1) is 9.48. The van der Waals surface area contributed by atoms with Crippen LogP contribution in [0.25, 0.3) is 0 Å². The topological polar surface area (TPSA) is 35.2 Å². The molecule has 1 saturated carbocycles. The quantitative estimate of drug-likeness (QED) is 0.883. The van der Waals surface area contributed by atoms with E-state index in [0.29, 0.717) is 11.8 Å². The molecule has 0 amide bonds. The van der Waals surface area contributed by atoms with Crippen LogP contribution in [0.5, 0.6) is 0 Å². The van der Waals surface area contributed by atoms with Crippen LogP contribution >= 0.6 is 0 Å². The van der Waals surface area contributed by atoms with Crippen LogP contribution in [0.1, 0.15) is 69.5 Å². The third-order valence-corrected chi connectivity index (χ3v) is 4.93. The normalized spacial score (nSPS) is 28.6. The van der Waals surface area contributed by atoms with E-state index in [-0.39, 0.29) is 11.6 Å². The molecule has 2 heteroatoms. The Kier molecular flexibility index (Phi) is 4.87. The Morgan fingerprint density at radius 2 is 1.80 bits per heavy atom. The van der Waals surface area contributed by atoms with Gasteiger partial charge in [0, 0.05) is 7.11 Å². The fourth-order valence-corrected chi connectivity index (χ4v) is 3.53. The third kappa shape index (κ3) is 3.07. The molecule has 1 aliphatic carbocycles. The number of hydrogen-bond acceptors (Lipinski definition) is 2. The van der Waals surface area contributed by atoms with E-state index in [2.05, 4.69) is 45.0 Å². The van der Waals surface area contributed by atoms with E-state index in [0.717, 1.165) is 12.8 Å². The Balaban J connectivity index is 2.21. The van der Waals surface area contributed by atoms with E-state index in [1.807, 2.05) is 7.11 Å². The molecular weight excluding hydrogens is 246 g/mol. The number of ether oxygens (including phenoxy) is 1. The number of rotatable bonds is 4. The third-order valence-electron chi connectivity index (χ3n) is 4.93. The summed E-state index contributed by atoms with van der Waals surface area (Å²) < 4.78 is 5.92. The molecule has 3 atom stereocenters. The zero-order chi connectivity index (χ0) is 14.8. The van der Waals surface area contributed by atoms with E-state index in [1.165, 1.54) is 24.0 Å². The second-order valence-electron chi connectivity index (χ2n) is 6.77. The van der Waals surface area contributed by atoms with Crippen LogP contribution in [0.3, 0.4) is 0 Å². The second kappa shape index (κ2) is 6.28. The van der Waals surface area contributed by atoms with Crippen molar-refractivity contribution >= 4 is 0 Å². The van der Waals surface area contributed by atoms with Crippen molar-refractivity contribution in [2.75, 3.05) is 7.11 Å². The highest BCUT2D eigenvalue weighted by atomic mass is 16.5. The maximum absolute atomic E-state index is 6.58. The first kappa shape index (κ1) is 15.5. The molecule has 0 heterocycles. The van der Waals surface area contributed by atoms with Crippen molar-refractivity contribution in [2.24, 2.45) is 11.7 Å². The van der Waals surface area contributed by atoms with Gasteiger partial charge in [-0.25, -0.2) is 0 Å². The van der Waals surface area contributed by atoms with Crippen molar-refractivity contribution in [1.82, 2.24) is 0 Å². The van der Waals surface area contributed by atoms with Crippen LogP contribution in [-0.4, -0.2) is 12.7 Å². The van der Waals surface area contributed by atoms with Crippen molar-refractivity contribution in [1.29, 1.82) is 0 Å². The van der Waals surface area contributed by atoms with Gasteiger partial charge in [-0.3, -0.25) is 0 Å². The fourth-order valence-electron chi connectivity index (χ4n) is 3.53. The Bertz CT molecular complexity index is 426. The smallest absolute Gasteiger partial charge is 0.0872 e. The van der Waals surface area contributed by atoms with Crippen molar-refractivity contribution < 1.29 is 4.74 Å². The highest BCUT2D eigenvalue weighted by molar-refractivity contribution is 5.28. The van der Waals surface area contributed by atoms with E-state index < -0.39 is 0 Å². The highest BCUT2D eigenvalue weighted by Gasteiger charge is 2.41. The molecule has 0 saturated heterocycles.